The second-order valence-corrected chi connectivity index (χ2v) is 7.99. The molecule has 2 aromatic carbocycles. The number of carboxylic acid groups (broad SMARTS) is 1. The molecule has 3 rings (SSSR count). The quantitative estimate of drug-likeness (QED) is 0.902. The van der Waals surface area contributed by atoms with Crippen LogP contribution < -0.4 is 0 Å². The third-order valence-corrected chi connectivity index (χ3v) is 6.20. The maximum absolute atomic E-state index is 12.7. The summed E-state index contributed by atoms with van der Waals surface area (Å²) in [5, 5.41) is 9.50. The lowest BCUT2D eigenvalue weighted by Crippen LogP contribution is -2.31. The number of carboxylic acids is 1. The normalized spacial score (nSPS) is 21.7. The maximum Gasteiger partial charge on any atom is 0.308 e. The molecule has 1 fully saturated rings. The number of carbonyl (C=O) groups is 1. The van der Waals surface area contributed by atoms with Gasteiger partial charge in [-0.05, 0) is 11.1 Å². The van der Waals surface area contributed by atoms with Crippen LogP contribution in [0.1, 0.15) is 17.0 Å². The van der Waals surface area contributed by atoms with Crippen molar-refractivity contribution in [2.24, 2.45) is 5.92 Å². The lowest BCUT2D eigenvalue weighted by Gasteiger charge is -2.16. The fraction of sp³-hybridized carbons (Fsp3) is 0.278. The number of hydrogen-bond donors (Lipinski definition) is 1. The summed E-state index contributed by atoms with van der Waals surface area (Å²) in [6.45, 7) is 0.222. The van der Waals surface area contributed by atoms with Gasteiger partial charge in [0.05, 0.1) is 11.7 Å². The Kier molecular flexibility index (Phi) is 4.69. The van der Waals surface area contributed by atoms with E-state index in [1.165, 1.54) is 4.31 Å². The van der Waals surface area contributed by atoms with Crippen LogP contribution in [0.3, 0.4) is 0 Å². The number of benzene rings is 2. The van der Waals surface area contributed by atoms with Crippen molar-refractivity contribution in [3.63, 3.8) is 0 Å². The van der Waals surface area contributed by atoms with Gasteiger partial charge in [-0.15, -0.1) is 0 Å². The molecule has 1 heterocycles. The van der Waals surface area contributed by atoms with Crippen LogP contribution in [0.15, 0.2) is 60.7 Å². The zero-order chi connectivity index (χ0) is 17.2. The van der Waals surface area contributed by atoms with E-state index in [9.17, 15) is 18.3 Å². The zero-order valence-corrected chi connectivity index (χ0v) is 13.9. The zero-order valence-electron chi connectivity index (χ0n) is 13.1. The van der Waals surface area contributed by atoms with Crippen LogP contribution >= 0.6 is 0 Å². The molecule has 0 aromatic heterocycles. The molecule has 24 heavy (non-hydrogen) atoms. The van der Waals surface area contributed by atoms with Crippen LogP contribution in [0.2, 0.25) is 0 Å². The Labute approximate surface area is 141 Å². The van der Waals surface area contributed by atoms with E-state index in [0.29, 0.717) is 5.56 Å². The van der Waals surface area contributed by atoms with E-state index in [1.807, 2.05) is 36.4 Å². The van der Waals surface area contributed by atoms with Crippen LogP contribution in [-0.4, -0.2) is 36.9 Å². The first-order chi connectivity index (χ1) is 11.5. The minimum absolute atomic E-state index is 0.0179. The monoisotopic (exact) mass is 345 g/mol. The van der Waals surface area contributed by atoms with Crippen molar-refractivity contribution in [3.8, 4) is 0 Å². The van der Waals surface area contributed by atoms with Gasteiger partial charge in [-0.1, -0.05) is 60.7 Å². The first-order valence-corrected chi connectivity index (χ1v) is 9.38. The number of hydrogen-bond acceptors (Lipinski definition) is 3. The third-order valence-electron chi connectivity index (χ3n) is 4.42. The molecule has 0 radical (unpaired) electrons. The molecule has 5 nitrogen and oxygen atoms in total. The van der Waals surface area contributed by atoms with E-state index in [2.05, 4.69) is 0 Å². The van der Waals surface area contributed by atoms with Crippen LogP contribution in [0.25, 0.3) is 0 Å². The molecule has 0 amide bonds. The van der Waals surface area contributed by atoms with Crippen molar-refractivity contribution in [1.29, 1.82) is 0 Å². The maximum atomic E-state index is 12.7. The van der Waals surface area contributed by atoms with Crippen molar-refractivity contribution >= 4 is 16.0 Å². The van der Waals surface area contributed by atoms with Gasteiger partial charge in [0, 0.05) is 19.0 Å². The minimum Gasteiger partial charge on any atom is -0.481 e. The highest BCUT2D eigenvalue weighted by atomic mass is 32.2. The van der Waals surface area contributed by atoms with Crippen LogP contribution in [0, 0.1) is 5.92 Å². The van der Waals surface area contributed by atoms with Gasteiger partial charge in [0.15, 0.2) is 0 Å². The van der Waals surface area contributed by atoms with Gasteiger partial charge < -0.3 is 5.11 Å². The van der Waals surface area contributed by atoms with Crippen LogP contribution in [0.4, 0.5) is 0 Å². The van der Waals surface area contributed by atoms with E-state index in [0.717, 1.165) is 5.56 Å². The standard InChI is InChI=1S/C18H19NO4S/c20-18(21)17-12-19(11-16(17)15-9-5-2-6-10-15)24(22,23)13-14-7-3-1-4-8-14/h1-10,16-17H,11-13H2,(H,20,21)/t16-,17+/m0/s1. The highest BCUT2D eigenvalue weighted by Crippen LogP contribution is 2.34. The summed E-state index contributed by atoms with van der Waals surface area (Å²) in [7, 11) is -3.55. The molecule has 1 aliphatic rings. The Morgan fingerprint density at radius 2 is 1.58 bits per heavy atom. The Balaban J connectivity index is 1.83. The molecule has 2 aromatic rings. The molecule has 2 atom stereocenters. The predicted octanol–water partition coefficient (Wildman–Crippen LogP) is 2.32. The van der Waals surface area contributed by atoms with Gasteiger partial charge in [-0.3, -0.25) is 4.79 Å². The molecule has 1 N–H and O–H groups in total. The second-order valence-electron chi connectivity index (χ2n) is 6.02. The summed E-state index contributed by atoms with van der Waals surface area (Å²) >= 11 is 0. The molecule has 0 aliphatic carbocycles. The third kappa shape index (κ3) is 3.49. The molecule has 0 unspecified atom stereocenters. The van der Waals surface area contributed by atoms with Gasteiger partial charge in [-0.25, -0.2) is 12.7 Å². The van der Waals surface area contributed by atoms with Gasteiger partial charge in [0.2, 0.25) is 10.0 Å². The minimum atomic E-state index is -3.55. The molecule has 0 spiro atoms. The SMILES string of the molecule is O=C(O)[C@@H]1CN(S(=O)(=O)Cc2ccccc2)C[C@H]1c1ccccc1. The van der Waals surface area contributed by atoms with Crippen molar-refractivity contribution in [1.82, 2.24) is 4.31 Å². The fourth-order valence-corrected chi connectivity index (χ4v) is 4.73. The molecule has 0 bridgehead atoms. The average Bonchev–Trinajstić information content (AvgIpc) is 3.03. The van der Waals surface area contributed by atoms with Crippen molar-refractivity contribution in [3.05, 3.63) is 71.8 Å². The van der Waals surface area contributed by atoms with Gasteiger partial charge in [0.25, 0.3) is 0 Å². The number of sulfonamides is 1. The van der Waals surface area contributed by atoms with Crippen molar-refractivity contribution < 1.29 is 18.3 Å². The van der Waals surface area contributed by atoms with Crippen molar-refractivity contribution in [2.75, 3.05) is 13.1 Å². The smallest absolute Gasteiger partial charge is 0.308 e. The van der Waals surface area contributed by atoms with E-state index in [4.69, 9.17) is 0 Å². The van der Waals surface area contributed by atoms with E-state index >= 15 is 0 Å². The summed E-state index contributed by atoms with van der Waals surface area (Å²) in [5.74, 6) is -2.12. The van der Waals surface area contributed by atoms with E-state index in [1.54, 1.807) is 24.3 Å². The molecule has 0 saturated carbocycles. The average molecular weight is 345 g/mol. The second kappa shape index (κ2) is 6.75. The summed E-state index contributed by atoms with van der Waals surface area (Å²) in [6, 6.07) is 18.2. The molecule has 6 heteroatoms. The summed E-state index contributed by atoms with van der Waals surface area (Å²) in [5.41, 5.74) is 1.56. The predicted molar refractivity (Wildman–Crippen MR) is 90.9 cm³/mol. The summed E-state index contributed by atoms with van der Waals surface area (Å²) < 4.78 is 26.7. The Bertz CT molecular complexity index is 805. The van der Waals surface area contributed by atoms with Gasteiger partial charge in [-0.2, -0.15) is 0 Å². The Morgan fingerprint density at radius 1 is 1.00 bits per heavy atom. The Hall–Kier alpha value is -2.18. The van der Waals surface area contributed by atoms with Crippen molar-refractivity contribution in [2.45, 2.75) is 11.7 Å². The number of rotatable bonds is 5. The fourth-order valence-electron chi connectivity index (χ4n) is 3.16. The highest BCUT2D eigenvalue weighted by molar-refractivity contribution is 7.88. The van der Waals surface area contributed by atoms with Gasteiger partial charge >= 0.3 is 5.97 Å². The lowest BCUT2D eigenvalue weighted by atomic mass is 9.89. The number of nitrogens with zero attached hydrogens (tertiary/aromatic N) is 1. The summed E-state index contributed by atoms with van der Waals surface area (Å²) in [4.78, 5) is 11.6. The number of aliphatic carboxylic acids is 1. The largest absolute Gasteiger partial charge is 0.481 e. The first-order valence-electron chi connectivity index (χ1n) is 7.77. The molecule has 1 saturated heterocycles. The molecule has 1 aliphatic heterocycles. The molecular weight excluding hydrogens is 326 g/mol. The lowest BCUT2D eigenvalue weighted by molar-refractivity contribution is -0.141. The van der Waals surface area contributed by atoms with E-state index < -0.39 is 21.9 Å². The van der Waals surface area contributed by atoms with Gasteiger partial charge in [0.1, 0.15) is 0 Å². The molecular formula is C18H19NO4S. The van der Waals surface area contributed by atoms with Crippen LogP contribution in [0.5, 0.6) is 0 Å². The molecule has 126 valence electrons. The highest BCUT2D eigenvalue weighted by Gasteiger charge is 2.42. The topological polar surface area (TPSA) is 74.7 Å². The van der Waals surface area contributed by atoms with E-state index in [-0.39, 0.29) is 24.8 Å². The Morgan fingerprint density at radius 3 is 2.17 bits per heavy atom. The summed E-state index contributed by atoms with van der Waals surface area (Å²) in [6.07, 6.45) is 0. The first kappa shape index (κ1) is 16.7. The van der Waals surface area contributed by atoms with Crippen LogP contribution in [-0.2, 0) is 20.6 Å².